The molecule has 0 radical (unpaired) electrons. The summed E-state index contributed by atoms with van der Waals surface area (Å²) in [5.41, 5.74) is 8.83. The van der Waals surface area contributed by atoms with Crippen molar-refractivity contribution in [1.82, 2.24) is 10.2 Å². The first-order valence-corrected chi connectivity index (χ1v) is 5.36. The molecule has 84 valence electrons. The third kappa shape index (κ3) is 3.38. The topological polar surface area (TPSA) is 78.5 Å². The van der Waals surface area contributed by atoms with Crippen LogP contribution in [0.3, 0.4) is 0 Å². The summed E-state index contributed by atoms with van der Waals surface area (Å²) in [6.45, 7) is 6.38. The lowest BCUT2D eigenvalue weighted by atomic mass is 10.0. The van der Waals surface area contributed by atoms with Crippen molar-refractivity contribution in [2.24, 2.45) is 11.7 Å². The molecule has 0 unspecified atom stereocenters. The molecule has 4 N–H and O–H groups in total. The molecule has 0 saturated heterocycles. The van der Waals surface area contributed by atoms with Crippen molar-refractivity contribution in [1.29, 1.82) is 5.41 Å². The van der Waals surface area contributed by atoms with Gasteiger partial charge in [-0.05, 0) is 31.2 Å². The zero-order chi connectivity index (χ0) is 11.4. The Labute approximate surface area is 90.8 Å². The van der Waals surface area contributed by atoms with Gasteiger partial charge in [0.15, 0.2) is 0 Å². The molecular formula is C11H20N4. The van der Waals surface area contributed by atoms with Crippen LogP contribution in [0.4, 0.5) is 0 Å². The van der Waals surface area contributed by atoms with Gasteiger partial charge >= 0.3 is 0 Å². The lowest BCUT2D eigenvalue weighted by Crippen LogP contribution is -2.11. The summed E-state index contributed by atoms with van der Waals surface area (Å²) in [6, 6.07) is 0. The van der Waals surface area contributed by atoms with Gasteiger partial charge in [0.05, 0.1) is 11.5 Å². The van der Waals surface area contributed by atoms with E-state index >= 15 is 0 Å². The predicted octanol–water partition coefficient (Wildman–Crippen LogP) is 1.79. The zero-order valence-corrected chi connectivity index (χ0v) is 9.72. The molecule has 4 heteroatoms. The minimum atomic E-state index is 0.242. The van der Waals surface area contributed by atoms with Crippen molar-refractivity contribution < 1.29 is 0 Å². The van der Waals surface area contributed by atoms with Crippen molar-refractivity contribution in [3.63, 3.8) is 0 Å². The molecule has 0 fully saturated rings. The number of aromatic amines is 1. The van der Waals surface area contributed by atoms with E-state index in [1.165, 1.54) is 5.56 Å². The molecule has 4 nitrogen and oxygen atoms in total. The van der Waals surface area contributed by atoms with Crippen LogP contribution in [0, 0.1) is 18.3 Å². The highest BCUT2D eigenvalue weighted by Gasteiger charge is 2.11. The van der Waals surface area contributed by atoms with Gasteiger partial charge in [-0.1, -0.05) is 13.8 Å². The Morgan fingerprint density at radius 3 is 2.73 bits per heavy atom. The number of nitrogens with two attached hydrogens (primary N) is 1. The van der Waals surface area contributed by atoms with E-state index in [1.54, 1.807) is 0 Å². The maximum absolute atomic E-state index is 7.23. The summed E-state index contributed by atoms with van der Waals surface area (Å²) in [7, 11) is 0. The highest BCUT2D eigenvalue weighted by molar-refractivity contribution is 5.77. The Bertz CT molecular complexity index is 338. The molecule has 0 bridgehead atoms. The SMILES string of the molecule is Cc1[nH]nc(CC(C)C)c1CCC(=N)N. The Morgan fingerprint density at radius 2 is 2.20 bits per heavy atom. The Hall–Kier alpha value is -1.32. The third-order valence-electron chi connectivity index (χ3n) is 2.41. The maximum atomic E-state index is 7.23. The maximum Gasteiger partial charge on any atom is 0.0908 e. The summed E-state index contributed by atoms with van der Waals surface area (Å²) < 4.78 is 0. The number of H-pyrrole nitrogens is 1. The summed E-state index contributed by atoms with van der Waals surface area (Å²) in [6.07, 6.45) is 2.42. The van der Waals surface area contributed by atoms with Gasteiger partial charge in [0.25, 0.3) is 0 Å². The smallest absolute Gasteiger partial charge is 0.0908 e. The van der Waals surface area contributed by atoms with Gasteiger partial charge in [0.1, 0.15) is 0 Å². The van der Waals surface area contributed by atoms with Crippen LogP contribution in [-0.4, -0.2) is 16.0 Å². The second-order valence-electron chi connectivity index (χ2n) is 4.40. The number of aromatic nitrogens is 2. The van der Waals surface area contributed by atoms with Gasteiger partial charge < -0.3 is 5.73 Å². The van der Waals surface area contributed by atoms with Crippen LogP contribution in [0.25, 0.3) is 0 Å². The summed E-state index contributed by atoms with van der Waals surface area (Å²) in [5, 5.41) is 14.5. The van der Waals surface area contributed by atoms with Crippen molar-refractivity contribution >= 4 is 5.84 Å². The van der Waals surface area contributed by atoms with Gasteiger partial charge in [-0.15, -0.1) is 0 Å². The van der Waals surface area contributed by atoms with Gasteiger partial charge in [-0.25, -0.2) is 0 Å². The number of amidine groups is 1. The fraction of sp³-hybridized carbons (Fsp3) is 0.636. The van der Waals surface area contributed by atoms with E-state index in [9.17, 15) is 0 Å². The molecule has 0 aliphatic carbocycles. The lowest BCUT2D eigenvalue weighted by Gasteiger charge is -2.05. The normalized spacial score (nSPS) is 10.9. The summed E-state index contributed by atoms with van der Waals surface area (Å²) in [4.78, 5) is 0. The van der Waals surface area contributed by atoms with Gasteiger partial charge in [-0.2, -0.15) is 5.10 Å². The highest BCUT2D eigenvalue weighted by Crippen LogP contribution is 2.16. The molecule has 0 saturated carbocycles. The monoisotopic (exact) mass is 208 g/mol. The van der Waals surface area contributed by atoms with Crippen LogP contribution >= 0.6 is 0 Å². The molecule has 0 aliphatic heterocycles. The van der Waals surface area contributed by atoms with Gasteiger partial charge in [0, 0.05) is 12.1 Å². The van der Waals surface area contributed by atoms with E-state index in [2.05, 4.69) is 24.0 Å². The van der Waals surface area contributed by atoms with Crippen LogP contribution in [0.5, 0.6) is 0 Å². The first kappa shape index (κ1) is 11.8. The van der Waals surface area contributed by atoms with Crippen LogP contribution in [0.15, 0.2) is 0 Å². The summed E-state index contributed by atoms with van der Waals surface area (Å²) in [5.74, 6) is 0.842. The molecule has 0 atom stereocenters. The second-order valence-corrected chi connectivity index (χ2v) is 4.40. The van der Waals surface area contributed by atoms with Crippen LogP contribution in [-0.2, 0) is 12.8 Å². The second kappa shape index (κ2) is 4.96. The van der Waals surface area contributed by atoms with Crippen LogP contribution in [0.2, 0.25) is 0 Å². The first-order chi connectivity index (χ1) is 7.00. The van der Waals surface area contributed by atoms with Crippen LogP contribution < -0.4 is 5.73 Å². The molecule has 0 aromatic carbocycles. The van der Waals surface area contributed by atoms with E-state index in [-0.39, 0.29) is 5.84 Å². The summed E-state index contributed by atoms with van der Waals surface area (Å²) >= 11 is 0. The van der Waals surface area contributed by atoms with E-state index in [4.69, 9.17) is 11.1 Å². The largest absolute Gasteiger partial charge is 0.388 e. The lowest BCUT2D eigenvalue weighted by molar-refractivity contribution is 0.629. The van der Waals surface area contributed by atoms with Crippen molar-refractivity contribution in [2.45, 2.75) is 40.0 Å². The molecule has 1 aromatic heterocycles. The van der Waals surface area contributed by atoms with Crippen LogP contribution in [0.1, 0.15) is 37.2 Å². The standard InChI is InChI=1S/C11H20N4/c1-7(2)6-10-9(4-5-11(12)13)8(3)14-15-10/h7H,4-6H2,1-3H3,(H3,12,13)(H,14,15). The van der Waals surface area contributed by atoms with E-state index in [0.717, 1.165) is 24.2 Å². The predicted molar refractivity (Wildman–Crippen MR) is 62.1 cm³/mol. The third-order valence-corrected chi connectivity index (χ3v) is 2.41. The quantitative estimate of drug-likeness (QED) is 0.509. The number of rotatable bonds is 5. The molecule has 1 aromatic rings. The Morgan fingerprint density at radius 1 is 1.53 bits per heavy atom. The molecular weight excluding hydrogens is 188 g/mol. The molecule has 0 aliphatic rings. The average molecular weight is 208 g/mol. The van der Waals surface area contributed by atoms with Gasteiger partial charge in [0.2, 0.25) is 0 Å². The van der Waals surface area contributed by atoms with Gasteiger partial charge in [-0.3, -0.25) is 10.5 Å². The van der Waals surface area contributed by atoms with E-state index in [1.807, 2.05) is 6.92 Å². The Kier molecular flexibility index (Phi) is 3.88. The zero-order valence-electron chi connectivity index (χ0n) is 9.72. The molecule has 0 spiro atoms. The average Bonchev–Trinajstić information content (AvgIpc) is 2.43. The van der Waals surface area contributed by atoms with E-state index in [0.29, 0.717) is 12.3 Å². The number of nitrogens with zero attached hydrogens (tertiary/aromatic N) is 1. The molecule has 1 heterocycles. The first-order valence-electron chi connectivity index (χ1n) is 5.36. The van der Waals surface area contributed by atoms with E-state index < -0.39 is 0 Å². The number of hydrogen-bond acceptors (Lipinski definition) is 2. The molecule has 0 amide bonds. The van der Waals surface area contributed by atoms with Crippen molar-refractivity contribution in [3.05, 3.63) is 17.0 Å². The highest BCUT2D eigenvalue weighted by atomic mass is 15.1. The Balaban J connectivity index is 2.75. The van der Waals surface area contributed by atoms with Crippen molar-refractivity contribution in [2.75, 3.05) is 0 Å². The van der Waals surface area contributed by atoms with Crippen molar-refractivity contribution in [3.8, 4) is 0 Å². The number of hydrogen-bond donors (Lipinski definition) is 3. The minimum Gasteiger partial charge on any atom is -0.388 e. The fourth-order valence-electron chi connectivity index (χ4n) is 1.65. The minimum absolute atomic E-state index is 0.242. The number of nitrogens with one attached hydrogen (secondary N) is 2. The number of aryl methyl sites for hydroxylation is 1. The molecule has 1 rings (SSSR count). The molecule has 15 heavy (non-hydrogen) atoms. The fourth-order valence-corrected chi connectivity index (χ4v) is 1.65.